The fourth-order valence-electron chi connectivity index (χ4n) is 2.25. The van der Waals surface area contributed by atoms with Gasteiger partial charge in [0.25, 0.3) is 5.91 Å². The molecule has 0 spiro atoms. The molecule has 1 unspecified atom stereocenters. The third-order valence-corrected chi connectivity index (χ3v) is 3.86. The Bertz CT molecular complexity index is 689. The van der Waals surface area contributed by atoms with Crippen LogP contribution in [0.4, 0.5) is 0 Å². The number of ether oxygens (including phenoxy) is 1. The summed E-state index contributed by atoms with van der Waals surface area (Å²) in [6.45, 7) is 10.2. The Morgan fingerprint density at radius 1 is 1.17 bits per heavy atom. The summed E-state index contributed by atoms with van der Waals surface area (Å²) in [7, 11) is 0. The average molecular weight is 309 g/mol. The Morgan fingerprint density at radius 2 is 1.87 bits per heavy atom. The van der Waals surface area contributed by atoms with Gasteiger partial charge in [-0.15, -0.1) is 0 Å². The minimum absolute atomic E-state index is 0.0431. The van der Waals surface area contributed by atoms with E-state index in [0.717, 1.165) is 11.3 Å². The first-order valence-electron chi connectivity index (χ1n) is 7.73. The Balaban J connectivity index is 2.02. The van der Waals surface area contributed by atoms with Gasteiger partial charge in [0.05, 0.1) is 6.04 Å². The molecule has 3 nitrogen and oxygen atoms in total. The van der Waals surface area contributed by atoms with Crippen LogP contribution in [0.25, 0.3) is 0 Å². The lowest BCUT2D eigenvalue weighted by Crippen LogP contribution is -2.26. The van der Waals surface area contributed by atoms with Gasteiger partial charge in [-0.3, -0.25) is 4.79 Å². The van der Waals surface area contributed by atoms with Crippen molar-refractivity contribution >= 4 is 5.91 Å². The Kier molecular flexibility index (Phi) is 5.58. The van der Waals surface area contributed by atoms with Gasteiger partial charge in [-0.1, -0.05) is 30.9 Å². The van der Waals surface area contributed by atoms with Crippen molar-refractivity contribution in [3.05, 3.63) is 77.4 Å². The normalized spacial score (nSPS) is 11.6. The van der Waals surface area contributed by atoms with Crippen molar-refractivity contribution in [1.82, 2.24) is 5.32 Å². The third kappa shape index (κ3) is 4.46. The van der Waals surface area contributed by atoms with Crippen LogP contribution in [-0.2, 0) is 0 Å². The molecule has 0 aliphatic rings. The van der Waals surface area contributed by atoms with Gasteiger partial charge >= 0.3 is 0 Å². The lowest BCUT2D eigenvalue weighted by atomic mass is 10.0. The smallest absolute Gasteiger partial charge is 0.251 e. The van der Waals surface area contributed by atoms with E-state index in [1.165, 1.54) is 11.1 Å². The predicted octanol–water partition coefficient (Wildman–Crippen LogP) is 4.36. The highest BCUT2D eigenvalue weighted by Crippen LogP contribution is 2.18. The summed E-state index contributed by atoms with van der Waals surface area (Å²) in [4.78, 5) is 12.3. The molecule has 2 aromatic carbocycles. The molecule has 0 aliphatic heterocycles. The summed E-state index contributed by atoms with van der Waals surface area (Å²) in [5, 5.41) is 3.03. The van der Waals surface area contributed by atoms with Gasteiger partial charge in [0.15, 0.2) is 0 Å². The number of benzene rings is 2. The van der Waals surface area contributed by atoms with E-state index < -0.39 is 0 Å². The molecule has 0 bridgehead atoms. The van der Waals surface area contributed by atoms with Crippen LogP contribution in [0.1, 0.15) is 40.0 Å². The van der Waals surface area contributed by atoms with E-state index in [4.69, 9.17) is 4.74 Å². The highest BCUT2D eigenvalue weighted by molar-refractivity contribution is 5.94. The average Bonchev–Trinajstić information content (AvgIpc) is 2.55. The summed E-state index contributed by atoms with van der Waals surface area (Å²) in [6.07, 6.45) is 1.69. The summed E-state index contributed by atoms with van der Waals surface area (Å²) in [5.74, 6) is 0.634. The first kappa shape index (κ1) is 16.8. The number of carbonyl (C=O) groups is 1. The fraction of sp³-hybridized carbons (Fsp3) is 0.250. The molecule has 2 aromatic rings. The van der Waals surface area contributed by atoms with Crippen LogP contribution in [0.2, 0.25) is 0 Å². The van der Waals surface area contributed by atoms with Gasteiger partial charge in [-0.25, -0.2) is 0 Å². The van der Waals surface area contributed by atoms with Crippen LogP contribution >= 0.6 is 0 Å². The Hall–Kier alpha value is -2.55. The molecule has 0 aromatic heterocycles. The largest absolute Gasteiger partial charge is 0.490 e. The standard InChI is InChI=1S/C20H23NO2/c1-5-12-23-19-10-8-17(9-11-19)20(22)21-16(4)18-7-6-14(2)15(3)13-18/h5-11,13,16H,1,12H2,2-4H3,(H,21,22). The zero-order valence-electron chi connectivity index (χ0n) is 13.9. The molecule has 2 rings (SSSR count). The molecule has 1 N–H and O–H groups in total. The second-order valence-electron chi connectivity index (χ2n) is 5.66. The SMILES string of the molecule is C=CCOc1ccc(C(=O)NC(C)c2ccc(C)c(C)c2)cc1. The van der Waals surface area contributed by atoms with Crippen molar-refractivity contribution in [2.75, 3.05) is 6.61 Å². The van der Waals surface area contributed by atoms with Crippen LogP contribution < -0.4 is 10.1 Å². The number of rotatable bonds is 6. The molecule has 1 amide bonds. The van der Waals surface area contributed by atoms with Crippen molar-refractivity contribution in [3.8, 4) is 5.75 Å². The summed E-state index contributed by atoms with van der Waals surface area (Å²) >= 11 is 0. The lowest BCUT2D eigenvalue weighted by Gasteiger charge is -2.16. The minimum atomic E-state index is -0.0917. The van der Waals surface area contributed by atoms with E-state index >= 15 is 0 Å². The monoisotopic (exact) mass is 309 g/mol. The summed E-state index contributed by atoms with van der Waals surface area (Å²) in [5.41, 5.74) is 4.20. The Labute approximate surface area is 138 Å². The zero-order chi connectivity index (χ0) is 16.8. The number of aryl methyl sites for hydroxylation is 2. The molecule has 23 heavy (non-hydrogen) atoms. The molecular weight excluding hydrogens is 286 g/mol. The van der Waals surface area contributed by atoms with Crippen molar-refractivity contribution in [3.63, 3.8) is 0 Å². The van der Waals surface area contributed by atoms with Crippen molar-refractivity contribution in [2.45, 2.75) is 26.8 Å². The molecule has 0 fully saturated rings. The molecule has 0 saturated heterocycles. The van der Waals surface area contributed by atoms with Crippen LogP contribution in [0, 0.1) is 13.8 Å². The molecule has 0 aliphatic carbocycles. The van der Waals surface area contributed by atoms with Crippen LogP contribution in [0.15, 0.2) is 55.1 Å². The van der Waals surface area contributed by atoms with Gasteiger partial charge in [0.2, 0.25) is 0 Å². The van der Waals surface area contributed by atoms with E-state index in [2.05, 4.69) is 43.9 Å². The topological polar surface area (TPSA) is 38.3 Å². The molecule has 3 heteroatoms. The molecule has 120 valence electrons. The van der Waals surface area contributed by atoms with Gasteiger partial charge in [0.1, 0.15) is 12.4 Å². The van der Waals surface area contributed by atoms with E-state index in [0.29, 0.717) is 12.2 Å². The molecular formula is C20H23NO2. The quantitative estimate of drug-likeness (QED) is 0.805. The molecule has 0 saturated carbocycles. The highest BCUT2D eigenvalue weighted by atomic mass is 16.5. The van der Waals surface area contributed by atoms with E-state index in [-0.39, 0.29) is 11.9 Å². The van der Waals surface area contributed by atoms with Crippen molar-refractivity contribution in [1.29, 1.82) is 0 Å². The highest BCUT2D eigenvalue weighted by Gasteiger charge is 2.12. The maximum Gasteiger partial charge on any atom is 0.251 e. The minimum Gasteiger partial charge on any atom is -0.490 e. The maximum absolute atomic E-state index is 12.3. The van der Waals surface area contributed by atoms with Crippen LogP contribution in [0.3, 0.4) is 0 Å². The van der Waals surface area contributed by atoms with Gasteiger partial charge < -0.3 is 10.1 Å². The van der Waals surface area contributed by atoms with Crippen LogP contribution in [0.5, 0.6) is 5.75 Å². The molecule has 0 heterocycles. The zero-order valence-corrected chi connectivity index (χ0v) is 13.9. The van der Waals surface area contributed by atoms with Gasteiger partial charge in [-0.2, -0.15) is 0 Å². The number of hydrogen-bond acceptors (Lipinski definition) is 2. The third-order valence-electron chi connectivity index (χ3n) is 3.86. The number of hydrogen-bond donors (Lipinski definition) is 1. The van der Waals surface area contributed by atoms with E-state index in [1.54, 1.807) is 30.3 Å². The summed E-state index contributed by atoms with van der Waals surface area (Å²) < 4.78 is 5.41. The van der Waals surface area contributed by atoms with E-state index in [1.807, 2.05) is 6.92 Å². The second-order valence-corrected chi connectivity index (χ2v) is 5.66. The fourth-order valence-corrected chi connectivity index (χ4v) is 2.25. The van der Waals surface area contributed by atoms with Crippen LogP contribution in [-0.4, -0.2) is 12.5 Å². The maximum atomic E-state index is 12.3. The summed E-state index contributed by atoms with van der Waals surface area (Å²) in [6, 6.07) is 13.3. The number of carbonyl (C=O) groups excluding carboxylic acids is 1. The Morgan fingerprint density at radius 3 is 2.48 bits per heavy atom. The number of amides is 1. The lowest BCUT2D eigenvalue weighted by molar-refractivity contribution is 0.0940. The van der Waals surface area contributed by atoms with Crippen molar-refractivity contribution in [2.24, 2.45) is 0 Å². The number of nitrogens with one attached hydrogen (secondary N) is 1. The van der Waals surface area contributed by atoms with Gasteiger partial charge in [-0.05, 0) is 61.7 Å². The predicted molar refractivity (Wildman–Crippen MR) is 93.9 cm³/mol. The van der Waals surface area contributed by atoms with Crippen molar-refractivity contribution < 1.29 is 9.53 Å². The molecule has 0 radical (unpaired) electrons. The van der Waals surface area contributed by atoms with Gasteiger partial charge in [0, 0.05) is 5.56 Å². The van der Waals surface area contributed by atoms with E-state index in [9.17, 15) is 4.79 Å². The first-order chi connectivity index (χ1) is 11.0. The molecule has 1 atom stereocenters. The second kappa shape index (κ2) is 7.63. The first-order valence-corrected chi connectivity index (χ1v) is 7.73.